The highest BCUT2D eigenvalue weighted by molar-refractivity contribution is 5.91. The summed E-state index contributed by atoms with van der Waals surface area (Å²) >= 11 is 0. The minimum absolute atomic E-state index is 0.0239. The van der Waals surface area contributed by atoms with Crippen LogP contribution in [-0.2, 0) is 14.3 Å². The molecule has 0 radical (unpaired) electrons. The second kappa shape index (κ2) is 3.72. The first-order valence-corrected chi connectivity index (χ1v) is 7.03. The van der Waals surface area contributed by atoms with Crippen LogP contribution in [0.25, 0.3) is 0 Å². The van der Waals surface area contributed by atoms with Gasteiger partial charge in [0.2, 0.25) is 0 Å². The highest BCUT2D eigenvalue weighted by Gasteiger charge is 2.70. The van der Waals surface area contributed by atoms with E-state index >= 15 is 0 Å². The number of epoxide rings is 1. The van der Waals surface area contributed by atoms with Crippen LogP contribution in [-0.4, -0.2) is 46.7 Å². The minimum Gasteiger partial charge on any atom is -0.458 e. The standard InChI is InChI=1S/C15H18O5/c1-6-3-9(16)11-7(2)14(18)20-13(11)12-8(6)4-10(17)15(12)5-19-15/h8-13,16-17H,1-5H2. The van der Waals surface area contributed by atoms with E-state index in [0.29, 0.717) is 25.0 Å². The summed E-state index contributed by atoms with van der Waals surface area (Å²) in [6, 6.07) is 0. The van der Waals surface area contributed by atoms with Crippen LogP contribution < -0.4 is 0 Å². The Kier molecular flexibility index (Phi) is 2.34. The quantitative estimate of drug-likeness (QED) is 0.286. The van der Waals surface area contributed by atoms with Gasteiger partial charge in [-0.2, -0.15) is 0 Å². The van der Waals surface area contributed by atoms with Gasteiger partial charge < -0.3 is 19.7 Å². The van der Waals surface area contributed by atoms with Crippen LogP contribution in [0.3, 0.4) is 0 Å². The third-order valence-corrected chi connectivity index (χ3v) is 5.54. The summed E-state index contributed by atoms with van der Waals surface area (Å²) in [5, 5.41) is 20.7. The van der Waals surface area contributed by atoms with Crippen LogP contribution in [0.15, 0.2) is 24.3 Å². The number of aliphatic hydroxyl groups excluding tert-OH is 2. The van der Waals surface area contributed by atoms with Crippen LogP contribution in [0, 0.1) is 17.8 Å². The van der Waals surface area contributed by atoms with Gasteiger partial charge in [0.25, 0.3) is 0 Å². The molecule has 4 rings (SSSR count). The molecule has 7 unspecified atom stereocenters. The number of ether oxygens (including phenoxy) is 2. The molecule has 2 N–H and O–H groups in total. The Morgan fingerprint density at radius 1 is 1.30 bits per heavy atom. The Bertz CT molecular complexity index is 520. The summed E-state index contributed by atoms with van der Waals surface area (Å²) in [6.07, 6.45) is -0.749. The number of hydrogen-bond donors (Lipinski definition) is 2. The summed E-state index contributed by atoms with van der Waals surface area (Å²) < 4.78 is 11.0. The van der Waals surface area contributed by atoms with Gasteiger partial charge in [0.1, 0.15) is 11.7 Å². The van der Waals surface area contributed by atoms with Crippen molar-refractivity contribution < 1.29 is 24.5 Å². The molecule has 7 atom stereocenters. The highest BCUT2D eigenvalue weighted by atomic mass is 16.6. The number of carbonyl (C=O) groups is 1. The molecule has 2 aliphatic carbocycles. The Hall–Kier alpha value is -1.17. The van der Waals surface area contributed by atoms with Crippen molar-refractivity contribution in [1.29, 1.82) is 0 Å². The van der Waals surface area contributed by atoms with E-state index in [1.807, 2.05) is 0 Å². The van der Waals surface area contributed by atoms with Gasteiger partial charge in [0.15, 0.2) is 0 Å². The van der Waals surface area contributed by atoms with Crippen molar-refractivity contribution in [3.63, 3.8) is 0 Å². The van der Waals surface area contributed by atoms with E-state index in [0.717, 1.165) is 5.57 Å². The molecule has 0 aromatic heterocycles. The van der Waals surface area contributed by atoms with Crippen molar-refractivity contribution in [3.8, 4) is 0 Å². The predicted octanol–water partition coefficient (Wildman–Crippen LogP) is 0.171. The lowest BCUT2D eigenvalue weighted by Crippen LogP contribution is -2.42. The van der Waals surface area contributed by atoms with Crippen LogP contribution in [0.4, 0.5) is 0 Å². The highest BCUT2D eigenvalue weighted by Crippen LogP contribution is 2.59. The first-order chi connectivity index (χ1) is 9.45. The van der Waals surface area contributed by atoms with E-state index < -0.39 is 35.8 Å². The van der Waals surface area contributed by atoms with Gasteiger partial charge in [-0.1, -0.05) is 18.7 Å². The van der Waals surface area contributed by atoms with E-state index in [9.17, 15) is 15.0 Å². The largest absolute Gasteiger partial charge is 0.458 e. The molecule has 0 amide bonds. The fraction of sp³-hybridized carbons (Fsp3) is 0.667. The number of hydrogen-bond acceptors (Lipinski definition) is 5. The SMILES string of the molecule is C=C1CC(O)C2C(=C)C(=O)OC2C2C1CC(O)C21CO1. The van der Waals surface area contributed by atoms with Crippen molar-refractivity contribution in [2.24, 2.45) is 17.8 Å². The van der Waals surface area contributed by atoms with Gasteiger partial charge in [-0.3, -0.25) is 0 Å². The molecule has 2 heterocycles. The molecule has 0 aromatic rings. The molecule has 2 aliphatic heterocycles. The first kappa shape index (κ1) is 12.6. The second-order valence-corrected chi connectivity index (χ2v) is 6.48. The Morgan fingerprint density at radius 2 is 2.00 bits per heavy atom. The maximum absolute atomic E-state index is 11.8. The number of fused-ring (bicyclic) bond motifs is 4. The Balaban J connectivity index is 1.80. The zero-order chi connectivity index (χ0) is 14.2. The molecule has 5 nitrogen and oxygen atoms in total. The lowest BCUT2D eigenvalue weighted by Gasteiger charge is -2.29. The average molecular weight is 278 g/mol. The first-order valence-electron chi connectivity index (χ1n) is 7.03. The van der Waals surface area contributed by atoms with Crippen LogP contribution in [0.1, 0.15) is 12.8 Å². The topological polar surface area (TPSA) is 79.3 Å². The molecule has 20 heavy (non-hydrogen) atoms. The maximum atomic E-state index is 11.8. The third-order valence-electron chi connectivity index (χ3n) is 5.54. The molecule has 4 fully saturated rings. The van der Waals surface area contributed by atoms with E-state index in [-0.39, 0.29) is 11.8 Å². The van der Waals surface area contributed by atoms with E-state index in [1.165, 1.54) is 0 Å². The third kappa shape index (κ3) is 1.35. The molecule has 2 saturated carbocycles. The average Bonchev–Trinajstić information content (AvgIpc) is 3.05. The second-order valence-electron chi connectivity index (χ2n) is 6.48. The van der Waals surface area contributed by atoms with E-state index in [1.54, 1.807) is 0 Å². The van der Waals surface area contributed by atoms with Gasteiger partial charge in [-0.25, -0.2) is 4.79 Å². The Morgan fingerprint density at radius 3 is 2.65 bits per heavy atom. The summed E-state index contributed by atoms with van der Waals surface area (Å²) in [5.41, 5.74) is 0.617. The smallest absolute Gasteiger partial charge is 0.334 e. The predicted molar refractivity (Wildman–Crippen MR) is 68.6 cm³/mol. The zero-order valence-electron chi connectivity index (χ0n) is 11.1. The molecular formula is C15H18O5. The van der Waals surface area contributed by atoms with E-state index in [4.69, 9.17) is 9.47 Å². The van der Waals surface area contributed by atoms with Crippen molar-refractivity contribution in [1.82, 2.24) is 0 Å². The summed E-state index contributed by atoms with van der Waals surface area (Å²) in [7, 11) is 0. The van der Waals surface area contributed by atoms with Crippen molar-refractivity contribution in [3.05, 3.63) is 24.3 Å². The molecule has 0 aromatic carbocycles. The Labute approximate surface area is 116 Å². The van der Waals surface area contributed by atoms with Crippen molar-refractivity contribution >= 4 is 5.97 Å². The number of aliphatic hydroxyl groups is 2. The van der Waals surface area contributed by atoms with Gasteiger partial charge in [-0.15, -0.1) is 0 Å². The van der Waals surface area contributed by atoms with Gasteiger partial charge in [-0.05, 0) is 18.8 Å². The normalized spacial score (nSPS) is 53.6. The monoisotopic (exact) mass is 278 g/mol. The number of carbonyl (C=O) groups excluding carboxylic acids is 1. The fourth-order valence-corrected chi connectivity index (χ4v) is 4.45. The summed E-state index contributed by atoms with van der Waals surface area (Å²) in [5.74, 6) is -0.964. The number of esters is 1. The van der Waals surface area contributed by atoms with Crippen LogP contribution >= 0.6 is 0 Å². The van der Waals surface area contributed by atoms with Crippen LogP contribution in [0.2, 0.25) is 0 Å². The van der Waals surface area contributed by atoms with Crippen LogP contribution in [0.5, 0.6) is 0 Å². The van der Waals surface area contributed by atoms with Gasteiger partial charge in [0, 0.05) is 11.5 Å². The van der Waals surface area contributed by atoms with Crippen molar-refractivity contribution in [2.45, 2.75) is 36.8 Å². The molecule has 0 bridgehead atoms. The maximum Gasteiger partial charge on any atom is 0.334 e. The molecule has 2 saturated heterocycles. The lowest BCUT2D eigenvalue weighted by molar-refractivity contribution is -0.143. The molecule has 1 spiro atoms. The van der Waals surface area contributed by atoms with Gasteiger partial charge in [0.05, 0.1) is 24.7 Å². The summed E-state index contributed by atoms with van der Waals surface area (Å²) in [4.78, 5) is 11.8. The summed E-state index contributed by atoms with van der Waals surface area (Å²) in [6.45, 7) is 8.32. The fourth-order valence-electron chi connectivity index (χ4n) is 4.45. The number of rotatable bonds is 0. The van der Waals surface area contributed by atoms with Gasteiger partial charge >= 0.3 is 5.97 Å². The minimum atomic E-state index is -0.704. The molecule has 108 valence electrons. The lowest BCUT2D eigenvalue weighted by atomic mass is 9.78. The molecular weight excluding hydrogens is 260 g/mol. The van der Waals surface area contributed by atoms with Crippen molar-refractivity contribution in [2.75, 3.05) is 6.61 Å². The zero-order valence-corrected chi connectivity index (χ0v) is 11.1. The van der Waals surface area contributed by atoms with E-state index in [2.05, 4.69) is 13.2 Å². The molecule has 5 heteroatoms. The molecule has 4 aliphatic rings.